The molecule has 0 saturated carbocycles. The molecule has 0 atom stereocenters. The highest BCUT2D eigenvalue weighted by Crippen LogP contribution is 2.22. The first kappa shape index (κ1) is 8.72. The molecule has 1 aliphatic heterocycles. The van der Waals surface area contributed by atoms with Crippen molar-refractivity contribution in [2.75, 3.05) is 13.1 Å². The molecule has 0 spiro atoms. The molecule has 1 aromatic rings. The third-order valence-corrected chi connectivity index (χ3v) is 2.54. The zero-order chi connectivity index (χ0) is 9.15. The zero-order valence-electron chi connectivity index (χ0n) is 7.49. The van der Waals surface area contributed by atoms with Gasteiger partial charge in [-0.2, -0.15) is 0 Å². The molecule has 1 aromatic heterocycles. The zero-order valence-corrected chi connectivity index (χ0v) is 7.49. The Labute approximate surface area is 76.9 Å². The molecule has 2 heterocycles. The Kier molecular flexibility index (Phi) is 2.33. The second-order valence-electron chi connectivity index (χ2n) is 3.64. The predicted molar refractivity (Wildman–Crippen MR) is 47.3 cm³/mol. The molecule has 1 saturated heterocycles. The van der Waals surface area contributed by atoms with Gasteiger partial charge in [0.05, 0.1) is 11.3 Å². The summed E-state index contributed by atoms with van der Waals surface area (Å²) in [6.45, 7) is 1.77. The van der Waals surface area contributed by atoms with Crippen molar-refractivity contribution in [3.63, 3.8) is 0 Å². The Morgan fingerprint density at radius 1 is 1.54 bits per heavy atom. The third kappa shape index (κ3) is 2.08. The van der Waals surface area contributed by atoms with Gasteiger partial charge in [-0.05, 0) is 25.9 Å². The Balaban J connectivity index is 1.99. The maximum atomic E-state index is 10.1. The number of piperidine rings is 1. The minimum atomic E-state index is -0.581. The van der Waals surface area contributed by atoms with Gasteiger partial charge >= 0.3 is 0 Å². The highest BCUT2D eigenvalue weighted by molar-refractivity contribution is 5.02. The van der Waals surface area contributed by atoms with Crippen molar-refractivity contribution in [3.8, 4) is 0 Å². The first-order chi connectivity index (χ1) is 6.29. The smallest absolute Gasteiger partial charge is 0.124 e. The van der Waals surface area contributed by atoms with Gasteiger partial charge in [0, 0.05) is 12.5 Å². The molecular formula is C9H14N2O2. The lowest BCUT2D eigenvalue weighted by Crippen LogP contribution is -2.43. The van der Waals surface area contributed by atoms with Crippen molar-refractivity contribution >= 4 is 0 Å². The monoisotopic (exact) mass is 182 g/mol. The number of hydrogen-bond acceptors (Lipinski definition) is 4. The van der Waals surface area contributed by atoms with E-state index in [0.29, 0.717) is 6.42 Å². The summed E-state index contributed by atoms with van der Waals surface area (Å²) in [6, 6.07) is 1.81. The van der Waals surface area contributed by atoms with E-state index in [2.05, 4.69) is 10.5 Å². The van der Waals surface area contributed by atoms with Gasteiger partial charge in [-0.1, -0.05) is 5.16 Å². The van der Waals surface area contributed by atoms with E-state index < -0.39 is 5.60 Å². The van der Waals surface area contributed by atoms with E-state index in [-0.39, 0.29) is 0 Å². The van der Waals surface area contributed by atoms with E-state index in [1.165, 1.54) is 0 Å². The Hall–Kier alpha value is -0.870. The summed E-state index contributed by atoms with van der Waals surface area (Å²) in [5.74, 6) is 0. The van der Waals surface area contributed by atoms with Crippen LogP contribution in [0.15, 0.2) is 16.9 Å². The average Bonchev–Trinajstić information content (AvgIpc) is 2.57. The SMILES string of the molecule is OC1(Cc2ccon2)CCNCC1. The van der Waals surface area contributed by atoms with Crippen LogP contribution in [0.25, 0.3) is 0 Å². The number of rotatable bonds is 2. The summed E-state index contributed by atoms with van der Waals surface area (Å²) in [4.78, 5) is 0. The van der Waals surface area contributed by atoms with Crippen molar-refractivity contribution in [1.29, 1.82) is 0 Å². The molecule has 13 heavy (non-hydrogen) atoms. The molecule has 4 nitrogen and oxygen atoms in total. The summed E-state index contributed by atoms with van der Waals surface area (Å²) in [5.41, 5.74) is 0.256. The molecule has 0 bridgehead atoms. The summed E-state index contributed by atoms with van der Waals surface area (Å²) in [7, 11) is 0. The number of nitrogens with zero attached hydrogens (tertiary/aromatic N) is 1. The van der Waals surface area contributed by atoms with Crippen LogP contribution >= 0.6 is 0 Å². The normalized spacial score (nSPS) is 21.6. The van der Waals surface area contributed by atoms with Crippen LogP contribution in [0.1, 0.15) is 18.5 Å². The van der Waals surface area contributed by atoms with Crippen molar-refractivity contribution in [1.82, 2.24) is 10.5 Å². The van der Waals surface area contributed by atoms with Crippen LogP contribution < -0.4 is 5.32 Å². The van der Waals surface area contributed by atoms with E-state index in [1.54, 1.807) is 12.3 Å². The van der Waals surface area contributed by atoms with E-state index in [0.717, 1.165) is 31.6 Å². The fourth-order valence-electron chi connectivity index (χ4n) is 1.73. The minimum absolute atomic E-state index is 0.581. The molecule has 0 aromatic carbocycles. The van der Waals surface area contributed by atoms with Crippen molar-refractivity contribution in [2.45, 2.75) is 24.9 Å². The Morgan fingerprint density at radius 3 is 2.92 bits per heavy atom. The van der Waals surface area contributed by atoms with Crippen molar-refractivity contribution < 1.29 is 9.63 Å². The average molecular weight is 182 g/mol. The van der Waals surface area contributed by atoms with Gasteiger partial charge in [-0.15, -0.1) is 0 Å². The molecule has 72 valence electrons. The largest absolute Gasteiger partial charge is 0.389 e. The third-order valence-electron chi connectivity index (χ3n) is 2.54. The second-order valence-corrected chi connectivity index (χ2v) is 3.64. The number of hydrogen-bond donors (Lipinski definition) is 2. The van der Waals surface area contributed by atoms with E-state index in [1.807, 2.05) is 0 Å². The van der Waals surface area contributed by atoms with Crippen molar-refractivity contribution in [2.24, 2.45) is 0 Å². The summed E-state index contributed by atoms with van der Waals surface area (Å²) in [6.07, 6.45) is 3.73. The van der Waals surface area contributed by atoms with Gasteiger partial charge in [0.2, 0.25) is 0 Å². The molecule has 0 unspecified atom stereocenters. The highest BCUT2D eigenvalue weighted by atomic mass is 16.5. The van der Waals surface area contributed by atoms with Crippen molar-refractivity contribution in [3.05, 3.63) is 18.0 Å². The Bertz CT molecular complexity index is 253. The summed E-state index contributed by atoms with van der Waals surface area (Å²) < 4.78 is 4.72. The Morgan fingerprint density at radius 2 is 2.31 bits per heavy atom. The highest BCUT2D eigenvalue weighted by Gasteiger charge is 2.29. The van der Waals surface area contributed by atoms with Gasteiger partial charge < -0.3 is 14.9 Å². The van der Waals surface area contributed by atoms with Gasteiger partial charge in [0.1, 0.15) is 6.26 Å². The molecule has 0 aliphatic carbocycles. The first-order valence-electron chi connectivity index (χ1n) is 4.61. The quantitative estimate of drug-likeness (QED) is 0.692. The molecule has 1 fully saturated rings. The van der Waals surface area contributed by atoms with Crippen LogP contribution in [-0.4, -0.2) is 29.0 Å². The molecule has 2 rings (SSSR count). The predicted octanol–water partition coefficient (Wildman–Crippen LogP) is 0.332. The maximum Gasteiger partial charge on any atom is 0.124 e. The number of nitrogens with one attached hydrogen (secondary N) is 1. The molecule has 0 amide bonds. The van der Waals surface area contributed by atoms with E-state index in [4.69, 9.17) is 4.52 Å². The van der Waals surface area contributed by atoms with Crippen LogP contribution in [0, 0.1) is 0 Å². The molecular weight excluding hydrogens is 168 g/mol. The fourth-order valence-corrected chi connectivity index (χ4v) is 1.73. The van der Waals surface area contributed by atoms with Crippen LogP contribution in [-0.2, 0) is 6.42 Å². The molecule has 2 N–H and O–H groups in total. The van der Waals surface area contributed by atoms with Crippen LogP contribution in [0.2, 0.25) is 0 Å². The summed E-state index contributed by atoms with van der Waals surface area (Å²) in [5, 5.41) is 17.1. The van der Waals surface area contributed by atoms with E-state index in [9.17, 15) is 5.11 Å². The molecule has 4 heteroatoms. The maximum absolute atomic E-state index is 10.1. The first-order valence-corrected chi connectivity index (χ1v) is 4.61. The van der Waals surface area contributed by atoms with Crippen LogP contribution in [0.5, 0.6) is 0 Å². The van der Waals surface area contributed by atoms with Gasteiger partial charge in [-0.25, -0.2) is 0 Å². The number of aliphatic hydroxyl groups is 1. The van der Waals surface area contributed by atoms with E-state index >= 15 is 0 Å². The summed E-state index contributed by atoms with van der Waals surface area (Å²) >= 11 is 0. The lowest BCUT2D eigenvalue weighted by Gasteiger charge is -2.31. The fraction of sp³-hybridized carbons (Fsp3) is 0.667. The minimum Gasteiger partial charge on any atom is -0.389 e. The second kappa shape index (κ2) is 3.47. The van der Waals surface area contributed by atoms with Crippen LogP contribution in [0.4, 0.5) is 0 Å². The van der Waals surface area contributed by atoms with Gasteiger partial charge in [-0.3, -0.25) is 0 Å². The van der Waals surface area contributed by atoms with Crippen LogP contribution in [0.3, 0.4) is 0 Å². The molecule has 0 radical (unpaired) electrons. The topological polar surface area (TPSA) is 58.3 Å². The lowest BCUT2D eigenvalue weighted by molar-refractivity contribution is 0.00943. The van der Waals surface area contributed by atoms with Gasteiger partial charge in [0.25, 0.3) is 0 Å². The lowest BCUT2D eigenvalue weighted by atomic mass is 9.88. The number of aromatic nitrogens is 1. The standard InChI is InChI=1S/C9H14N2O2/c12-9(2-4-10-5-3-9)7-8-1-6-13-11-8/h1,6,10,12H,2-5,7H2. The molecule has 1 aliphatic rings. The van der Waals surface area contributed by atoms with Gasteiger partial charge in [0.15, 0.2) is 0 Å².